The molecule has 1 aliphatic carbocycles. The fourth-order valence-corrected chi connectivity index (χ4v) is 3.74. The Morgan fingerprint density at radius 1 is 0.950 bits per heavy atom. The van der Waals surface area contributed by atoms with Crippen LogP contribution < -0.4 is 0 Å². The summed E-state index contributed by atoms with van der Waals surface area (Å²) in [4.78, 5) is 1.96. The van der Waals surface area contributed by atoms with Crippen molar-refractivity contribution in [1.29, 1.82) is 0 Å². The van der Waals surface area contributed by atoms with Gasteiger partial charge in [0.2, 0.25) is 0 Å². The van der Waals surface area contributed by atoms with Gasteiger partial charge in [0.15, 0.2) is 0 Å². The SMILES string of the molecule is CCC1CCC(CN2C[C@H](O)[C@@H](O)[C@H](O)[C@@H]2CO)CC1. The maximum atomic E-state index is 9.98. The molecule has 1 aliphatic heterocycles. The van der Waals surface area contributed by atoms with Gasteiger partial charge < -0.3 is 20.4 Å². The summed E-state index contributed by atoms with van der Waals surface area (Å²) in [5, 5.41) is 38.9. The molecule has 0 aromatic carbocycles. The zero-order valence-electron chi connectivity index (χ0n) is 12.4. The predicted molar refractivity (Wildman–Crippen MR) is 76.2 cm³/mol. The molecule has 2 aliphatic rings. The van der Waals surface area contributed by atoms with Gasteiger partial charge in [-0.05, 0) is 24.7 Å². The summed E-state index contributed by atoms with van der Waals surface area (Å²) in [7, 11) is 0. The van der Waals surface area contributed by atoms with Crippen molar-refractivity contribution in [2.75, 3.05) is 19.7 Å². The fourth-order valence-electron chi connectivity index (χ4n) is 3.74. The molecule has 0 spiro atoms. The van der Waals surface area contributed by atoms with E-state index in [0.717, 1.165) is 12.5 Å². The van der Waals surface area contributed by atoms with Crippen LogP contribution in [-0.4, -0.2) is 69.4 Å². The number of piperidine rings is 1. The molecule has 2 rings (SSSR count). The number of β-amino-alcohol motifs (C(OH)–C–C–N with tert-alkyl or cyclic N) is 1. The Bertz CT molecular complexity index is 294. The number of rotatable bonds is 4. The van der Waals surface area contributed by atoms with Crippen LogP contribution in [0.1, 0.15) is 39.0 Å². The van der Waals surface area contributed by atoms with Gasteiger partial charge in [0.1, 0.15) is 12.2 Å². The van der Waals surface area contributed by atoms with Crippen LogP contribution in [0.3, 0.4) is 0 Å². The van der Waals surface area contributed by atoms with Gasteiger partial charge in [0, 0.05) is 13.1 Å². The maximum Gasteiger partial charge on any atom is 0.109 e. The van der Waals surface area contributed by atoms with E-state index < -0.39 is 24.4 Å². The Balaban J connectivity index is 1.90. The molecule has 4 N–H and O–H groups in total. The maximum absolute atomic E-state index is 9.98. The van der Waals surface area contributed by atoms with Crippen LogP contribution in [0, 0.1) is 11.8 Å². The van der Waals surface area contributed by atoms with E-state index in [1.54, 1.807) is 0 Å². The molecule has 1 saturated carbocycles. The molecule has 0 amide bonds. The number of likely N-dealkylation sites (tertiary alicyclic amines) is 1. The fraction of sp³-hybridized carbons (Fsp3) is 1.00. The average Bonchev–Trinajstić information content (AvgIpc) is 2.46. The third kappa shape index (κ3) is 3.52. The first-order valence-electron chi connectivity index (χ1n) is 7.95. The van der Waals surface area contributed by atoms with Crippen molar-refractivity contribution < 1.29 is 20.4 Å². The lowest BCUT2D eigenvalue weighted by molar-refractivity contribution is -0.148. The molecule has 118 valence electrons. The minimum atomic E-state index is -1.15. The van der Waals surface area contributed by atoms with Gasteiger partial charge in [0.05, 0.1) is 18.8 Å². The van der Waals surface area contributed by atoms with Crippen molar-refractivity contribution in [3.05, 3.63) is 0 Å². The average molecular weight is 287 g/mol. The molecule has 1 heterocycles. The topological polar surface area (TPSA) is 84.2 Å². The highest BCUT2D eigenvalue weighted by atomic mass is 16.4. The second-order valence-electron chi connectivity index (χ2n) is 6.55. The van der Waals surface area contributed by atoms with Crippen LogP contribution in [0.5, 0.6) is 0 Å². The van der Waals surface area contributed by atoms with Crippen molar-refractivity contribution in [2.45, 2.75) is 63.4 Å². The number of aliphatic hydroxyl groups excluding tert-OH is 4. The van der Waals surface area contributed by atoms with E-state index in [4.69, 9.17) is 0 Å². The van der Waals surface area contributed by atoms with Crippen LogP contribution in [0.2, 0.25) is 0 Å². The highest BCUT2D eigenvalue weighted by molar-refractivity contribution is 4.95. The Labute approximate surface area is 121 Å². The van der Waals surface area contributed by atoms with Crippen LogP contribution in [0.15, 0.2) is 0 Å². The molecular formula is C15H29NO4. The minimum absolute atomic E-state index is 0.185. The second kappa shape index (κ2) is 7.18. The van der Waals surface area contributed by atoms with Gasteiger partial charge in [0.25, 0.3) is 0 Å². The second-order valence-corrected chi connectivity index (χ2v) is 6.55. The van der Waals surface area contributed by atoms with E-state index in [2.05, 4.69) is 6.92 Å². The molecule has 0 unspecified atom stereocenters. The van der Waals surface area contributed by atoms with Gasteiger partial charge in [-0.1, -0.05) is 26.2 Å². The Hall–Kier alpha value is -0.200. The third-order valence-electron chi connectivity index (χ3n) is 5.25. The lowest BCUT2D eigenvalue weighted by Crippen LogP contribution is -2.63. The summed E-state index contributed by atoms with van der Waals surface area (Å²) in [6, 6.07) is -0.461. The van der Waals surface area contributed by atoms with Gasteiger partial charge in [-0.2, -0.15) is 0 Å². The zero-order chi connectivity index (χ0) is 14.7. The van der Waals surface area contributed by atoms with Gasteiger partial charge in [-0.3, -0.25) is 4.90 Å². The summed E-state index contributed by atoms with van der Waals surface area (Å²) in [6.45, 7) is 3.18. The first-order chi connectivity index (χ1) is 9.56. The molecule has 0 aromatic heterocycles. The van der Waals surface area contributed by atoms with Crippen molar-refractivity contribution >= 4 is 0 Å². The molecule has 5 heteroatoms. The van der Waals surface area contributed by atoms with Crippen LogP contribution in [0.25, 0.3) is 0 Å². The van der Waals surface area contributed by atoms with E-state index in [0.29, 0.717) is 12.5 Å². The zero-order valence-corrected chi connectivity index (χ0v) is 12.4. The van der Waals surface area contributed by atoms with Gasteiger partial charge >= 0.3 is 0 Å². The van der Waals surface area contributed by atoms with Gasteiger partial charge in [-0.25, -0.2) is 0 Å². The summed E-state index contributed by atoms with van der Waals surface area (Å²) in [5.41, 5.74) is 0. The molecule has 4 atom stereocenters. The Morgan fingerprint density at radius 2 is 1.55 bits per heavy atom. The lowest BCUT2D eigenvalue weighted by Gasteiger charge is -2.45. The van der Waals surface area contributed by atoms with Gasteiger partial charge in [-0.15, -0.1) is 0 Å². The van der Waals surface area contributed by atoms with Crippen molar-refractivity contribution in [3.63, 3.8) is 0 Å². The largest absolute Gasteiger partial charge is 0.395 e. The molecule has 5 nitrogen and oxygen atoms in total. The van der Waals surface area contributed by atoms with Crippen molar-refractivity contribution in [1.82, 2.24) is 4.90 Å². The highest BCUT2D eigenvalue weighted by Crippen LogP contribution is 2.32. The van der Waals surface area contributed by atoms with Crippen molar-refractivity contribution in [2.24, 2.45) is 11.8 Å². The number of hydrogen-bond acceptors (Lipinski definition) is 5. The Morgan fingerprint density at radius 3 is 2.10 bits per heavy atom. The first-order valence-corrected chi connectivity index (χ1v) is 7.95. The highest BCUT2D eigenvalue weighted by Gasteiger charge is 2.41. The molecule has 0 aromatic rings. The third-order valence-corrected chi connectivity index (χ3v) is 5.25. The molecule has 2 fully saturated rings. The molecule has 1 saturated heterocycles. The summed E-state index contributed by atoms with van der Waals surface area (Å²) in [5.74, 6) is 1.42. The Kier molecular flexibility index (Phi) is 5.81. The van der Waals surface area contributed by atoms with E-state index in [9.17, 15) is 20.4 Å². The molecular weight excluding hydrogens is 258 g/mol. The monoisotopic (exact) mass is 287 g/mol. The summed E-state index contributed by atoms with van der Waals surface area (Å²) >= 11 is 0. The van der Waals surface area contributed by atoms with E-state index in [1.165, 1.54) is 32.1 Å². The number of nitrogens with zero attached hydrogens (tertiary/aromatic N) is 1. The molecule has 0 bridgehead atoms. The minimum Gasteiger partial charge on any atom is -0.395 e. The van der Waals surface area contributed by atoms with E-state index in [1.807, 2.05) is 4.90 Å². The van der Waals surface area contributed by atoms with Crippen molar-refractivity contribution in [3.8, 4) is 0 Å². The van der Waals surface area contributed by atoms with Crippen LogP contribution >= 0.6 is 0 Å². The lowest BCUT2D eigenvalue weighted by atomic mass is 9.80. The predicted octanol–water partition coefficient (Wildman–Crippen LogP) is -0.0380. The number of hydrogen-bond donors (Lipinski definition) is 4. The first kappa shape index (κ1) is 16.2. The molecule has 0 radical (unpaired) electrons. The summed E-state index contributed by atoms with van der Waals surface area (Å²) < 4.78 is 0. The van der Waals surface area contributed by atoms with Crippen LogP contribution in [-0.2, 0) is 0 Å². The van der Waals surface area contributed by atoms with E-state index >= 15 is 0 Å². The quantitative estimate of drug-likeness (QED) is 0.583. The normalized spacial score (nSPS) is 43.6. The van der Waals surface area contributed by atoms with Crippen LogP contribution in [0.4, 0.5) is 0 Å². The van der Waals surface area contributed by atoms with E-state index in [-0.39, 0.29) is 6.61 Å². The molecule has 20 heavy (non-hydrogen) atoms. The summed E-state index contributed by atoms with van der Waals surface area (Å²) in [6.07, 6.45) is 2.97. The standard InChI is InChI=1S/C15H29NO4/c1-2-10-3-5-11(6-4-10)7-16-8-13(18)15(20)14(19)12(16)9-17/h10-15,17-20H,2-9H2,1H3/t10?,11?,12-,13-,14+,15+/m0/s1. The number of aliphatic hydroxyl groups is 4. The smallest absolute Gasteiger partial charge is 0.109 e.